The van der Waals surface area contributed by atoms with Gasteiger partial charge in [-0.25, -0.2) is 4.79 Å². The lowest BCUT2D eigenvalue weighted by atomic mass is 9.87. The second kappa shape index (κ2) is 8.35. The van der Waals surface area contributed by atoms with Crippen molar-refractivity contribution in [1.29, 1.82) is 0 Å². The lowest BCUT2D eigenvalue weighted by Gasteiger charge is -2.18. The number of hydrogen-bond donors (Lipinski definition) is 0. The monoisotopic (exact) mass is 428 g/mol. The number of allylic oxidation sites excluding steroid dienone is 1. The Balaban J connectivity index is 1.49. The van der Waals surface area contributed by atoms with Gasteiger partial charge in [-0.05, 0) is 59.0 Å². The minimum atomic E-state index is -0.469. The first-order valence-corrected chi connectivity index (χ1v) is 10.3. The zero-order chi connectivity index (χ0) is 22.9. The van der Waals surface area contributed by atoms with Crippen LogP contribution in [0.3, 0.4) is 0 Å². The predicted molar refractivity (Wildman–Crippen MR) is 122 cm³/mol. The smallest absolute Gasteiger partial charge is 0.343 e. The molecule has 32 heavy (non-hydrogen) atoms. The molecule has 5 heteroatoms. The number of methoxy groups -OCH3 is 1. The summed E-state index contributed by atoms with van der Waals surface area (Å²) in [5.74, 6) is 0.936. The van der Waals surface area contributed by atoms with Crippen LogP contribution < -0.4 is 14.2 Å². The zero-order valence-electron chi connectivity index (χ0n) is 18.5. The van der Waals surface area contributed by atoms with Crippen LogP contribution in [0.5, 0.6) is 17.2 Å². The van der Waals surface area contributed by atoms with Crippen molar-refractivity contribution < 1.29 is 23.8 Å². The van der Waals surface area contributed by atoms with Crippen LogP contribution in [0.15, 0.2) is 72.5 Å². The Morgan fingerprint density at radius 2 is 1.56 bits per heavy atom. The third kappa shape index (κ3) is 4.42. The average molecular weight is 428 g/mol. The molecule has 0 saturated heterocycles. The summed E-state index contributed by atoms with van der Waals surface area (Å²) >= 11 is 0. The van der Waals surface area contributed by atoms with Gasteiger partial charge in [0.05, 0.1) is 18.2 Å². The number of hydrogen-bond acceptors (Lipinski definition) is 5. The fraction of sp³-hybridized carbons (Fsp3) is 0.185. The van der Waals surface area contributed by atoms with Crippen molar-refractivity contribution in [2.75, 3.05) is 7.11 Å². The molecule has 1 aliphatic rings. The molecule has 0 N–H and O–H groups in total. The van der Waals surface area contributed by atoms with E-state index in [0.29, 0.717) is 22.6 Å². The first-order chi connectivity index (χ1) is 15.2. The van der Waals surface area contributed by atoms with Crippen molar-refractivity contribution in [3.63, 3.8) is 0 Å². The van der Waals surface area contributed by atoms with Crippen molar-refractivity contribution in [2.24, 2.45) is 0 Å². The standard InChI is InChI=1S/C27H24O5/c1-27(2,3)19-9-7-18(8-10-19)26(29)31-21-13-14-22-23(16-21)32-24(25(22)28)15-17-5-11-20(30-4)12-6-17/h5-16H,1-4H3/b24-15-. The summed E-state index contributed by atoms with van der Waals surface area (Å²) in [5.41, 5.74) is 2.83. The number of esters is 1. The van der Waals surface area contributed by atoms with Gasteiger partial charge in [-0.3, -0.25) is 4.79 Å². The normalized spacial score (nSPS) is 14.1. The second-order valence-electron chi connectivity index (χ2n) is 8.59. The van der Waals surface area contributed by atoms with Gasteiger partial charge in [0.25, 0.3) is 0 Å². The molecular formula is C27H24O5. The number of rotatable bonds is 4. The third-order valence-electron chi connectivity index (χ3n) is 5.25. The fourth-order valence-electron chi connectivity index (χ4n) is 3.35. The lowest BCUT2D eigenvalue weighted by molar-refractivity contribution is 0.0734. The highest BCUT2D eigenvalue weighted by molar-refractivity contribution is 6.14. The van der Waals surface area contributed by atoms with Crippen LogP contribution >= 0.6 is 0 Å². The van der Waals surface area contributed by atoms with Gasteiger partial charge in [-0.15, -0.1) is 0 Å². The van der Waals surface area contributed by atoms with Crippen LogP contribution in [0.25, 0.3) is 6.08 Å². The molecule has 1 heterocycles. The van der Waals surface area contributed by atoms with E-state index in [1.54, 1.807) is 43.5 Å². The van der Waals surface area contributed by atoms with Gasteiger partial charge in [-0.1, -0.05) is 45.0 Å². The molecule has 0 bridgehead atoms. The SMILES string of the molecule is COc1ccc(/C=C2\Oc3cc(OC(=O)c4ccc(C(C)(C)C)cc4)ccc3C2=O)cc1. The quantitative estimate of drug-likeness (QED) is 0.297. The van der Waals surface area contributed by atoms with Crippen LogP contribution in [0.4, 0.5) is 0 Å². The highest BCUT2D eigenvalue weighted by atomic mass is 16.5. The molecule has 0 amide bonds. The van der Waals surface area contributed by atoms with E-state index in [2.05, 4.69) is 20.8 Å². The molecule has 0 saturated carbocycles. The Morgan fingerprint density at radius 3 is 2.19 bits per heavy atom. The maximum absolute atomic E-state index is 12.7. The Kier molecular flexibility index (Phi) is 5.57. The minimum absolute atomic E-state index is 0.00331. The average Bonchev–Trinajstić information content (AvgIpc) is 3.08. The molecule has 3 aromatic carbocycles. The van der Waals surface area contributed by atoms with Gasteiger partial charge in [0, 0.05) is 6.07 Å². The summed E-state index contributed by atoms with van der Waals surface area (Å²) in [6.45, 7) is 6.34. The van der Waals surface area contributed by atoms with E-state index in [1.807, 2.05) is 36.4 Å². The largest absolute Gasteiger partial charge is 0.497 e. The maximum atomic E-state index is 12.7. The van der Waals surface area contributed by atoms with Crippen LogP contribution in [0.2, 0.25) is 0 Å². The van der Waals surface area contributed by atoms with E-state index >= 15 is 0 Å². The highest BCUT2D eigenvalue weighted by Gasteiger charge is 2.28. The van der Waals surface area contributed by atoms with Gasteiger partial charge < -0.3 is 14.2 Å². The van der Waals surface area contributed by atoms with Gasteiger partial charge in [-0.2, -0.15) is 0 Å². The fourth-order valence-corrected chi connectivity index (χ4v) is 3.35. The summed E-state index contributed by atoms with van der Waals surface area (Å²) in [5, 5.41) is 0. The number of carbonyl (C=O) groups excluding carboxylic acids is 2. The first-order valence-electron chi connectivity index (χ1n) is 10.3. The summed E-state index contributed by atoms with van der Waals surface area (Å²) in [4.78, 5) is 25.2. The van der Waals surface area contributed by atoms with E-state index in [4.69, 9.17) is 14.2 Å². The summed E-state index contributed by atoms with van der Waals surface area (Å²) in [6.07, 6.45) is 1.67. The van der Waals surface area contributed by atoms with Crippen LogP contribution in [-0.4, -0.2) is 18.9 Å². The molecule has 162 valence electrons. The Morgan fingerprint density at radius 1 is 0.906 bits per heavy atom. The van der Waals surface area contributed by atoms with Crippen molar-refractivity contribution >= 4 is 17.8 Å². The first kappa shape index (κ1) is 21.4. The Labute approximate surface area is 187 Å². The van der Waals surface area contributed by atoms with Crippen molar-refractivity contribution in [3.05, 3.63) is 94.7 Å². The van der Waals surface area contributed by atoms with E-state index < -0.39 is 5.97 Å². The van der Waals surface area contributed by atoms with Crippen LogP contribution in [-0.2, 0) is 5.41 Å². The molecule has 0 aliphatic carbocycles. The van der Waals surface area contributed by atoms with E-state index in [1.165, 1.54) is 0 Å². The van der Waals surface area contributed by atoms with Gasteiger partial charge in [0.1, 0.15) is 17.2 Å². The molecule has 0 atom stereocenters. The topological polar surface area (TPSA) is 61.8 Å². The zero-order valence-corrected chi connectivity index (χ0v) is 18.5. The van der Waals surface area contributed by atoms with Gasteiger partial charge in [0.15, 0.2) is 5.76 Å². The minimum Gasteiger partial charge on any atom is -0.497 e. The molecule has 5 nitrogen and oxygen atoms in total. The Hall–Kier alpha value is -3.86. The number of ketones is 1. The van der Waals surface area contributed by atoms with Crippen molar-refractivity contribution in [1.82, 2.24) is 0 Å². The second-order valence-corrected chi connectivity index (χ2v) is 8.59. The molecule has 0 aromatic heterocycles. The van der Waals surface area contributed by atoms with E-state index in [0.717, 1.165) is 16.9 Å². The number of fused-ring (bicyclic) bond motifs is 1. The molecule has 1 aliphatic heterocycles. The maximum Gasteiger partial charge on any atom is 0.343 e. The van der Waals surface area contributed by atoms with Gasteiger partial charge >= 0.3 is 5.97 Å². The molecule has 0 unspecified atom stereocenters. The van der Waals surface area contributed by atoms with E-state index in [9.17, 15) is 9.59 Å². The van der Waals surface area contributed by atoms with Crippen LogP contribution in [0.1, 0.15) is 52.6 Å². The predicted octanol–water partition coefficient (Wildman–Crippen LogP) is 5.83. The number of benzene rings is 3. The summed E-state index contributed by atoms with van der Waals surface area (Å²) in [6, 6.07) is 19.4. The molecule has 0 radical (unpaired) electrons. The third-order valence-corrected chi connectivity index (χ3v) is 5.25. The van der Waals surface area contributed by atoms with Crippen LogP contribution in [0, 0.1) is 0 Å². The van der Waals surface area contributed by atoms with Gasteiger partial charge in [0.2, 0.25) is 5.78 Å². The van der Waals surface area contributed by atoms with Crippen molar-refractivity contribution in [3.8, 4) is 17.2 Å². The highest BCUT2D eigenvalue weighted by Crippen LogP contribution is 2.35. The molecule has 0 spiro atoms. The molecule has 3 aromatic rings. The Bertz CT molecular complexity index is 1200. The number of Topliss-reactive ketones (excluding diaryl/α,β-unsaturated/α-hetero) is 1. The summed E-state index contributed by atoms with van der Waals surface area (Å²) in [7, 11) is 1.60. The number of ether oxygens (including phenoxy) is 3. The lowest BCUT2D eigenvalue weighted by Crippen LogP contribution is -2.12. The number of carbonyl (C=O) groups is 2. The molecular weight excluding hydrogens is 404 g/mol. The van der Waals surface area contributed by atoms with E-state index in [-0.39, 0.29) is 17.0 Å². The molecule has 0 fully saturated rings. The molecule has 4 rings (SSSR count). The van der Waals surface area contributed by atoms with Crippen molar-refractivity contribution in [2.45, 2.75) is 26.2 Å². The summed E-state index contributed by atoms with van der Waals surface area (Å²) < 4.78 is 16.4.